The first-order valence-electron chi connectivity index (χ1n) is 4.87. The zero-order valence-electron chi connectivity index (χ0n) is 8.97. The van der Waals surface area contributed by atoms with Crippen molar-refractivity contribution in [2.24, 2.45) is 0 Å². The molecule has 4 nitrogen and oxygen atoms in total. The average Bonchev–Trinajstić information content (AvgIpc) is 2.28. The summed E-state index contributed by atoms with van der Waals surface area (Å²) in [7, 11) is -3.83. The van der Waals surface area contributed by atoms with Crippen LogP contribution >= 0.6 is 23.2 Å². The summed E-state index contributed by atoms with van der Waals surface area (Å²) in [6.45, 7) is 0. The predicted octanol–water partition coefficient (Wildman–Crippen LogP) is 3.19. The van der Waals surface area contributed by atoms with Gasteiger partial charge in [-0.2, -0.15) is 0 Å². The largest absolute Gasteiger partial charge is 0.278 e. The van der Waals surface area contributed by atoms with Crippen molar-refractivity contribution in [1.82, 2.24) is 4.98 Å². The number of halogens is 2. The lowest BCUT2D eigenvalue weighted by Gasteiger charge is -2.10. The number of pyridine rings is 1. The zero-order valence-corrected chi connectivity index (χ0v) is 11.3. The van der Waals surface area contributed by atoms with E-state index in [9.17, 15) is 8.42 Å². The second kappa shape index (κ2) is 5.14. The van der Waals surface area contributed by atoms with Crippen molar-refractivity contribution in [1.29, 1.82) is 0 Å². The minimum atomic E-state index is -3.83. The van der Waals surface area contributed by atoms with E-state index in [1.54, 1.807) is 24.4 Å². The lowest BCUT2D eigenvalue weighted by atomic mass is 10.4. The van der Waals surface area contributed by atoms with Gasteiger partial charge in [0.15, 0.2) is 0 Å². The molecule has 0 saturated heterocycles. The molecule has 1 aromatic heterocycles. The SMILES string of the molecule is O=S(=O)(Nc1cccnc1)c1c(Cl)cccc1Cl. The third-order valence-corrected chi connectivity index (χ3v) is 4.44. The molecule has 0 amide bonds. The van der Waals surface area contributed by atoms with Crippen LogP contribution in [0.15, 0.2) is 47.6 Å². The summed E-state index contributed by atoms with van der Waals surface area (Å²) < 4.78 is 26.6. The molecular formula is C11H8Cl2N2O2S. The van der Waals surface area contributed by atoms with Crippen LogP contribution in [0.2, 0.25) is 10.0 Å². The smallest absolute Gasteiger partial charge is 0.264 e. The Kier molecular flexibility index (Phi) is 3.75. The number of hydrogen-bond acceptors (Lipinski definition) is 3. The van der Waals surface area contributed by atoms with Gasteiger partial charge in [0.2, 0.25) is 0 Å². The summed E-state index contributed by atoms with van der Waals surface area (Å²) in [5.41, 5.74) is 0.341. The summed E-state index contributed by atoms with van der Waals surface area (Å²) in [4.78, 5) is 3.67. The molecule has 18 heavy (non-hydrogen) atoms. The lowest BCUT2D eigenvalue weighted by molar-refractivity contribution is 0.601. The van der Waals surface area contributed by atoms with Crippen LogP contribution in [-0.2, 0) is 10.0 Å². The van der Waals surface area contributed by atoms with Gasteiger partial charge in [-0.25, -0.2) is 8.42 Å². The molecule has 0 radical (unpaired) electrons. The molecule has 1 N–H and O–H groups in total. The molecule has 2 aromatic rings. The van der Waals surface area contributed by atoms with Crippen LogP contribution in [0, 0.1) is 0 Å². The van der Waals surface area contributed by atoms with E-state index in [2.05, 4.69) is 9.71 Å². The molecule has 0 aliphatic carbocycles. The Balaban J connectivity index is 2.44. The molecule has 2 rings (SSSR count). The molecule has 0 bridgehead atoms. The van der Waals surface area contributed by atoms with Crippen LogP contribution in [0.3, 0.4) is 0 Å². The Morgan fingerprint density at radius 1 is 1.06 bits per heavy atom. The second-order valence-corrected chi connectivity index (χ2v) is 5.83. The molecule has 0 atom stereocenters. The topological polar surface area (TPSA) is 59.1 Å². The number of sulfonamides is 1. The Morgan fingerprint density at radius 2 is 1.72 bits per heavy atom. The first-order chi connectivity index (χ1) is 8.50. The van der Waals surface area contributed by atoms with Gasteiger partial charge in [0.05, 0.1) is 21.9 Å². The van der Waals surface area contributed by atoms with Crippen molar-refractivity contribution in [2.75, 3.05) is 4.72 Å². The summed E-state index contributed by atoms with van der Waals surface area (Å²) >= 11 is 11.7. The van der Waals surface area contributed by atoms with Crippen molar-refractivity contribution >= 4 is 38.9 Å². The van der Waals surface area contributed by atoms with Gasteiger partial charge in [-0.05, 0) is 24.3 Å². The van der Waals surface area contributed by atoms with Gasteiger partial charge in [0, 0.05) is 6.20 Å². The number of aromatic nitrogens is 1. The summed E-state index contributed by atoms with van der Waals surface area (Å²) in [5, 5.41) is 0.137. The molecule has 0 saturated carbocycles. The Labute approximate surface area is 115 Å². The fraction of sp³-hybridized carbons (Fsp3) is 0. The van der Waals surface area contributed by atoms with Gasteiger partial charge in [0.1, 0.15) is 4.90 Å². The fourth-order valence-electron chi connectivity index (χ4n) is 1.37. The van der Waals surface area contributed by atoms with Gasteiger partial charge < -0.3 is 0 Å². The molecule has 0 aliphatic heterocycles. The Bertz CT molecular complexity index is 640. The molecule has 0 spiro atoms. The maximum Gasteiger partial charge on any atom is 0.264 e. The Morgan fingerprint density at radius 3 is 2.28 bits per heavy atom. The van der Waals surface area contributed by atoms with Crippen LogP contribution in [0.4, 0.5) is 5.69 Å². The van der Waals surface area contributed by atoms with E-state index >= 15 is 0 Å². The molecule has 0 fully saturated rings. The fourth-order valence-corrected chi connectivity index (χ4v) is 3.56. The van der Waals surface area contributed by atoms with Crippen molar-refractivity contribution in [3.05, 3.63) is 52.8 Å². The van der Waals surface area contributed by atoms with Gasteiger partial charge in [-0.1, -0.05) is 29.3 Å². The second-order valence-electron chi connectivity index (χ2n) is 3.40. The predicted molar refractivity (Wildman–Crippen MR) is 71.5 cm³/mol. The summed E-state index contributed by atoms with van der Waals surface area (Å²) in [6.07, 6.45) is 2.93. The van der Waals surface area contributed by atoms with E-state index in [-0.39, 0.29) is 14.9 Å². The van der Waals surface area contributed by atoms with E-state index in [1.807, 2.05) is 0 Å². The maximum atomic E-state index is 12.1. The molecule has 0 unspecified atom stereocenters. The maximum absolute atomic E-state index is 12.1. The van der Waals surface area contributed by atoms with Crippen LogP contribution in [0.5, 0.6) is 0 Å². The van der Waals surface area contributed by atoms with E-state index < -0.39 is 10.0 Å². The highest BCUT2D eigenvalue weighted by Crippen LogP contribution is 2.30. The van der Waals surface area contributed by atoms with Gasteiger partial charge >= 0.3 is 0 Å². The molecule has 94 valence electrons. The van der Waals surface area contributed by atoms with Gasteiger partial charge in [0.25, 0.3) is 10.0 Å². The monoisotopic (exact) mass is 302 g/mol. The van der Waals surface area contributed by atoms with Crippen molar-refractivity contribution < 1.29 is 8.42 Å². The minimum Gasteiger partial charge on any atom is -0.278 e. The zero-order chi connectivity index (χ0) is 13.2. The third-order valence-electron chi connectivity index (χ3n) is 2.10. The highest BCUT2D eigenvalue weighted by Gasteiger charge is 2.21. The first kappa shape index (κ1) is 13.1. The molecular weight excluding hydrogens is 295 g/mol. The first-order valence-corrected chi connectivity index (χ1v) is 7.11. The van der Waals surface area contributed by atoms with E-state index in [0.717, 1.165) is 0 Å². The van der Waals surface area contributed by atoms with E-state index in [1.165, 1.54) is 18.3 Å². The van der Waals surface area contributed by atoms with Crippen molar-refractivity contribution in [3.63, 3.8) is 0 Å². The number of benzene rings is 1. The van der Waals surface area contributed by atoms with Crippen LogP contribution in [0.1, 0.15) is 0 Å². The van der Waals surface area contributed by atoms with Crippen molar-refractivity contribution in [3.8, 4) is 0 Å². The minimum absolute atomic E-state index is 0.0684. The normalized spacial score (nSPS) is 11.2. The number of nitrogens with zero attached hydrogens (tertiary/aromatic N) is 1. The van der Waals surface area contributed by atoms with Crippen LogP contribution in [-0.4, -0.2) is 13.4 Å². The van der Waals surface area contributed by atoms with E-state index in [0.29, 0.717) is 5.69 Å². The van der Waals surface area contributed by atoms with Gasteiger partial charge in [-0.3, -0.25) is 9.71 Å². The van der Waals surface area contributed by atoms with Crippen LogP contribution < -0.4 is 4.72 Å². The number of nitrogens with one attached hydrogen (secondary N) is 1. The standard InChI is InChI=1S/C11H8Cl2N2O2S/c12-9-4-1-5-10(13)11(9)18(16,17)15-8-3-2-6-14-7-8/h1-7,15H. The number of rotatable bonds is 3. The van der Waals surface area contributed by atoms with Crippen LogP contribution in [0.25, 0.3) is 0 Å². The quantitative estimate of drug-likeness (QED) is 0.947. The molecule has 1 heterocycles. The highest BCUT2D eigenvalue weighted by atomic mass is 35.5. The summed E-state index contributed by atoms with van der Waals surface area (Å²) in [6, 6.07) is 7.70. The molecule has 0 aliphatic rings. The lowest BCUT2D eigenvalue weighted by Crippen LogP contribution is -2.14. The molecule has 1 aromatic carbocycles. The summed E-state index contributed by atoms with van der Waals surface area (Å²) in [5.74, 6) is 0. The Hall–Kier alpha value is -1.30. The number of hydrogen-bond donors (Lipinski definition) is 1. The van der Waals surface area contributed by atoms with Crippen molar-refractivity contribution in [2.45, 2.75) is 4.90 Å². The third kappa shape index (κ3) is 2.75. The van der Waals surface area contributed by atoms with Gasteiger partial charge in [-0.15, -0.1) is 0 Å². The van der Waals surface area contributed by atoms with E-state index in [4.69, 9.17) is 23.2 Å². The number of anilines is 1. The molecule has 7 heteroatoms. The highest BCUT2D eigenvalue weighted by molar-refractivity contribution is 7.93. The average molecular weight is 303 g/mol.